The number of aromatic nitrogens is 2. The molecule has 1 saturated heterocycles. The lowest BCUT2D eigenvalue weighted by molar-refractivity contribution is -0.134. The minimum Gasteiger partial charge on any atom is -0.476 e. The summed E-state index contributed by atoms with van der Waals surface area (Å²) in [6.07, 6.45) is 1.05. The summed E-state index contributed by atoms with van der Waals surface area (Å²) in [5.74, 6) is 0.513. The van der Waals surface area contributed by atoms with E-state index in [1.54, 1.807) is 12.1 Å². The van der Waals surface area contributed by atoms with Crippen molar-refractivity contribution >= 4 is 11.6 Å². The second kappa shape index (κ2) is 4.33. The summed E-state index contributed by atoms with van der Waals surface area (Å²) in [4.78, 5) is 0. The van der Waals surface area contributed by atoms with Crippen LogP contribution >= 0.6 is 11.6 Å². The molecule has 0 saturated carbocycles. The average Bonchev–Trinajstić information content (AvgIpc) is 2.20. The number of hydrogen-bond acceptors (Lipinski definition) is 4. The molecule has 0 aromatic carbocycles. The van der Waals surface area contributed by atoms with Gasteiger partial charge in [-0.3, -0.25) is 0 Å². The van der Waals surface area contributed by atoms with E-state index in [9.17, 15) is 0 Å². The Morgan fingerprint density at radius 1 is 1.47 bits per heavy atom. The summed E-state index contributed by atoms with van der Waals surface area (Å²) in [5, 5.41) is 7.91. The van der Waals surface area contributed by atoms with Gasteiger partial charge in [-0.2, -0.15) is 0 Å². The van der Waals surface area contributed by atoms with E-state index in [0.717, 1.165) is 19.6 Å². The lowest BCUT2D eigenvalue weighted by Gasteiger charge is -2.40. The summed E-state index contributed by atoms with van der Waals surface area (Å²) >= 11 is 5.62. The van der Waals surface area contributed by atoms with Gasteiger partial charge in [-0.15, -0.1) is 10.2 Å². The van der Waals surface area contributed by atoms with Crippen molar-refractivity contribution in [2.75, 3.05) is 19.8 Å². The number of ether oxygens (including phenoxy) is 2. The van der Waals surface area contributed by atoms with Crippen molar-refractivity contribution in [2.24, 2.45) is 5.41 Å². The molecule has 1 fully saturated rings. The normalized spacial score (nSPS) is 18.3. The van der Waals surface area contributed by atoms with Crippen LogP contribution in [0, 0.1) is 5.41 Å². The van der Waals surface area contributed by atoms with Gasteiger partial charge >= 0.3 is 0 Å². The molecule has 0 N–H and O–H groups in total. The van der Waals surface area contributed by atoms with Gasteiger partial charge in [-0.25, -0.2) is 0 Å². The number of nitrogens with zero attached hydrogens (tertiary/aromatic N) is 2. The predicted molar refractivity (Wildman–Crippen MR) is 56.1 cm³/mol. The second-order valence-corrected chi connectivity index (χ2v) is 4.22. The quantitative estimate of drug-likeness (QED) is 0.790. The topological polar surface area (TPSA) is 44.2 Å². The molecule has 1 aromatic heterocycles. The first kappa shape index (κ1) is 10.6. The summed E-state index contributed by atoms with van der Waals surface area (Å²) < 4.78 is 10.7. The fourth-order valence-electron chi connectivity index (χ4n) is 1.39. The van der Waals surface area contributed by atoms with E-state index >= 15 is 0 Å². The van der Waals surface area contributed by atoms with E-state index in [4.69, 9.17) is 21.1 Å². The van der Waals surface area contributed by atoms with Gasteiger partial charge in [-0.1, -0.05) is 18.5 Å². The van der Waals surface area contributed by atoms with Crippen molar-refractivity contribution in [2.45, 2.75) is 13.3 Å². The molecule has 1 aliphatic rings. The minimum absolute atomic E-state index is 0.168. The van der Waals surface area contributed by atoms with Crippen molar-refractivity contribution in [1.29, 1.82) is 0 Å². The van der Waals surface area contributed by atoms with Gasteiger partial charge in [0.05, 0.1) is 18.6 Å². The SMILES string of the molecule is CCC1(COc2ccc(Cl)nn2)COC1. The Balaban J connectivity index is 1.90. The lowest BCUT2D eigenvalue weighted by atomic mass is 9.84. The molecule has 4 nitrogen and oxygen atoms in total. The van der Waals surface area contributed by atoms with Crippen molar-refractivity contribution in [3.63, 3.8) is 0 Å². The van der Waals surface area contributed by atoms with Crippen LogP contribution in [0.5, 0.6) is 5.88 Å². The maximum Gasteiger partial charge on any atom is 0.233 e. The van der Waals surface area contributed by atoms with Crippen LogP contribution < -0.4 is 4.74 Å². The molecule has 15 heavy (non-hydrogen) atoms. The zero-order valence-corrected chi connectivity index (χ0v) is 9.33. The molecule has 0 amide bonds. The van der Waals surface area contributed by atoms with Crippen LogP contribution in [0.25, 0.3) is 0 Å². The first-order valence-electron chi connectivity index (χ1n) is 4.94. The molecule has 1 aliphatic heterocycles. The van der Waals surface area contributed by atoms with Crippen LogP contribution in [-0.2, 0) is 4.74 Å². The number of halogens is 1. The third-order valence-electron chi connectivity index (χ3n) is 2.70. The predicted octanol–water partition coefficient (Wildman–Crippen LogP) is 1.94. The van der Waals surface area contributed by atoms with Gasteiger partial charge in [0.2, 0.25) is 5.88 Å². The molecule has 0 spiro atoms. The summed E-state index contributed by atoms with van der Waals surface area (Å²) in [6, 6.07) is 3.39. The zero-order chi connectivity index (χ0) is 10.7. The monoisotopic (exact) mass is 228 g/mol. The lowest BCUT2D eigenvalue weighted by Crippen LogP contribution is -2.46. The van der Waals surface area contributed by atoms with Crippen molar-refractivity contribution < 1.29 is 9.47 Å². The Hall–Kier alpha value is -0.870. The Morgan fingerprint density at radius 2 is 2.27 bits per heavy atom. The molecule has 0 unspecified atom stereocenters. The molecule has 0 aliphatic carbocycles. The maximum atomic E-state index is 5.62. The highest BCUT2D eigenvalue weighted by Crippen LogP contribution is 2.31. The Kier molecular flexibility index (Phi) is 3.07. The van der Waals surface area contributed by atoms with Crippen LogP contribution in [0.15, 0.2) is 12.1 Å². The highest BCUT2D eigenvalue weighted by Gasteiger charge is 2.37. The Bertz CT molecular complexity index is 319. The maximum absolute atomic E-state index is 5.62. The van der Waals surface area contributed by atoms with Gasteiger partial charge in [0, 0.05) is 6.07 Å². The fourth-order valence-corrected chi connectivity index (χ4v) is 1.49. The summed E-state index contributed by atoms with van der Waals surface area (Å²) in [7, 11) is 0. The fraction of sp³-hybridized carbons (Fsp3) is 0.600. The highest BCUT2D eigenvalue weighted by molar-refractivity contribution is 6.29. The molecule has 82 valence electrons. The van der Waals surface area contributed by atoms with Crippen molar-refractivity contribution in [3.8, 4) is 5.88 Å². The van der Waals surface area contributed by atoms with E-state index < -0.39 is 0 Å². The van der Waals surface area contributed by atoms with Crippen LogP contribution in [0.1, 0.15) is 13.3 Å². The van der Waals surface area contributed by atoms with Gasteiger partial charge < -0.3 is 9.47 Å². The van der Waals surface area contributed by atoms with E-state index in [1.165, 1.54) is 0 Å². The van der Waals surface area contributed by atoms with E-state index in [-0.39, 0.29) is 5.41 Å². The first-order chi connectivity index (χ1) is 7.24. The van der Waals surface area contributed by atoms with Crippen LogP contribution in [-0.4, -0.2) is 30.0 Å². The van der Waals surface area contributed by atoms with E-state index in [1.807, 2.05) is 0 Å². The van der Waals surface area contributed by atoms with Crippen molar-refractivity contribution in [1.82, 2.24) is 10.2 Å². The Morgan fingerprint density at radius 3 is 2.73 bits per heavy atom. The van der Waals surface area contributed by atoms with Crippen LogP contribution in [0.4, 0.5) is 0 Å². The zero-order valence-electron chi connectivity index (χ0n) is 8.57. The molecule has 5 heteroatoms. The standard InChI is InChI=1S/C10H13ClN2O2/c1-2-10(5-14-6-10)7-15-9-4-3-8(11)12-13-9/h3-4H,2,5-7H2,1H3. The summed E-state index contributed by atoms with van der Waals surface area (Å²) in [6.45, 7) is 4.30. The van der Waals surface area contributed by atoms with Gasteiger partial charge in [0.1, 0.15) is 6.61 Å². The summed E-state index contributed by atoms with van der Waals surface area (Å²) in [5.41, 5.74) is 0.168. The van der Waals surface area contributed by atoms with E-state index in [2.05, 4.69) is 17.1 Å². The molecule has 0 bridgehead atoms. The third kappa shape index (κ3) is 2.38. The average molecular weight is 229 g/mol. The van der Waals surface area contributed by atoms with Crippen LogP contribution in [0.2, 0.25) is 5.15 Å². The molecule has 1 aromatic rings. The van der Waals surface area contributed by atoms with Crippen LogP contribution in [0.3, 0.4) is 0 Å². The number of rotatable bonds is 4. The largest absolute Gasteiger partial charge is 0.476 e. The van der Waals surface area contributed by atoms with E-state index in [0.29, 0.717) is 17.6 Å². The molecule has 2 rings (SSSR count). The Labute approximate surface area is 93.6 Å². The molecule has 2 heterocycles. The van der Waals surface area contributed by atoms with Gasteiger partial charge in [0.15, 0.2) is 5.15 Å². The number of hydrogen-bond donors (Lipinski definition) is 0. The smallest absolute Gasteiger partial charge is 0.233 e. The van der Waals surface area contributed by atoms with Crippen molar-refractivity contribution in [3.05, 3.63) is 17.3 Å². The molecular weight excluding hydrogens is 216 g/mol. The highest BCUT2D eigenvalue weighted by atomic mass is 35.5. The molecule has 0 atom stereocenters. The second-order valence-electron chi connectivity index (χ2n) is 3.83. The minimum atomic E-state index is 0.168. The van der Waals surface area contributed by atoms with Gasteiger partial charge in [0.25, 0.3) is 0 Å². The molecular formula is C10H13ClN2O2. The molecule has 0 radical (unpaired) electrons. The first-order valence-corrected chi connectivity index (χ1v) is 5.32. The van der Waals surface area contributed by atoms with Gasteiger partial charge in [-0.05, 0) is 12.5 Å². The third-order valence-corrected chi connectivity index (χ3v) is 2.90.